The van der Waals surface area contributed by atoms with Gasteiger partial charge in [-0.2, -0.15) is 4.98 Å². The second-order valence-corrected chi connectivity index (χ2v) is 8.17. The standard InChI is InChI=1S/C22H27N9O2/c1-30-5-4-17(14-30)33-20-3-2-16(13-24-20)27-19-10-18(15-11-25-21(23)26-12-15)28-22(29-19)31-6-8-32-9-7-31/h2-3,10-13,17H,4-9,14H2,1H3,(H2,23,25,26)(H,27,28,29). The number of likely N-dealkylation sites (N-methyl/N-ethyl adjacent to an activating group) is 1. The highest BCUT2D eigenvalue weighted by atomic mass is 16.5. The summed E-state index contributed by atoms with van der Waals surface area (Å²) in [4.78, 5) is 26.5. The van der Waals surface area contributed by atoms with Crippen molar-refractivity contribution in [3.05, 3.63) is 36.8 Å². The Hall–Kier alpha value is -3.57. The molecule has 5 heterocycles. The summed E-state index contributed by atoms with van der Waals surface area (Å²) in [6.07, 6.45) is 6.26. The normalized spacial score (nSPS) is 18.9. The summed E-state index contributed by atoms with van der Waals surface area (Å²) in [5.74, 6) is 2.11. The lowest BCUT2D eigenvalue weighted by molar-refractivity contribution is 0.122. The van der Waals surface area contributed by atoms with Gasteiger partial charge in [0.15, 0.2) is 0 Å². The lowest BCUT2D eigenvalue weighted by Crippen LogP contribution is -2.37. The lowest BCUT2D eigenvalue weighted by Gasteiger charge is -2.27. The number of ether oxygens (including phenoxy) is 2. The molecule has 33 heavy (non-hydrogen) atoms. The molecule has 11 nitrogen and oxygen atoms in total. The number of hydrogen-bond acceptors (Lipinski definition) is 11. The van der Waals surface area contributed by atoms with E-state index in [1.54, 1.807) is 18.6 Å². The molecule has 172 valence electrons. The molecular weight excluding hydrogens is 422 g/mol. The number of morpholine rings is 1. The quantitative estimate of drug-likeness (QED) is 0.569. The van der Waals surface area contributed by atoms with Crippen LogP contribution in [0.25, 0.3) is 11.3 Å². The van der Waals surface area contributed by atoms with Gasteiger partial charge in [0, 0.05) is 56.3 Å². The average molecular weight is 450 g/mol. The Kier molecular flexibility index (Phi) is 6.13. The van der Waals surface area contributed by atoms with Crippen molar-refractivity contribution >= 4 is 23.4 Å². The van der Waals surface area contributed by atoms with Gasteiger partial charge in [-0.25, -0.2) is 19.9 Å². The van der Waals surface area contributed by atoms with Crippen LogP contribution in [0.1, 0.15) is 6.42 Å². The molecule has 1 unspecified atom stereocenters. The van der Waals surface area contributed by atoms with Crippen LogP contribution in [-0.4, -0.2) is 82.4 Å². The first kappa shape index (κ1) is 21.3. The van der Waals surface area contributed by atoms with Crippen molar-refractivity contribution < 1.29 is 9.47 Å². The first-order valence-corrected chi connectivity index (χ1v) is 11.0. The van der Waals surface area contributed by atoms with Gasteiger partial charge >= 0.3 is 0 Å². The SMILES string of the molecule is CN1CCC(Oc2ccc(Nc3cc(-c4cnc(N)nc4)nc(N4CCOCC4)n3)cn2)C1. The van der Waals surface area contributed by atoms with Crippen LogP contribution in [0.15, 0.2) is 36.8 Å². The van der Waals surface area contributed by atoms with Crippen molar-refractivity contribution in [3.63, 3.8) is 0 Å². The fourth-order valence-electron chi connectivity index (χ4n) is 3.85. The van der Waals surface area contributed by atoms with Gasteiger partial charge in [-0.05, 0) is 19.5 Å². The van der Waals surface area contributed by atoms with Crippen molar-refractivity contribution in [1.29, 1.82) is 0 Å². The van der Waals surface area contributed by atoms with E-state index < -0.39 is 0 Å². The number of aromatic nitrogens is 5. The molecule has 2 aliphatic heterocycles. The second-order valence-electron chi connectivity index (χ2n) is 8.17. The van der Waals surface area contributed by atoms with Gasteiger partial charge in [0.1, 0.15) is 11.9 Å². The van der Waals surface area contributed by atoms with Gasteiger partial charge in [-0.1, -0.05) is 0 Å². The number of rotatable bonds is 6. The van der Waals surface area contributed by atoms with Crippen molar-refractivity contribution in [1.82, 2.24) is 29.8 Å². The molecule has 0 spiro atoms. The van der Waals surface area contributed by atoms with Crippen LogP contribution in [0.5, 0.6) is 5.88 Å². The summed E-state index contributed by atoms with van der Waals surface area (Å²) in [5, 5.41) is 3.33. The molecule has 0 amide bonds. The van der Waals surface area contributed by atoms with Crippen LogP contribution in [0.2, 0.25) is 0 Å². The summed E-state index contributed by atoms with van der Waals surface area (Å²) in [6, 6.07) is 5.67. The molecule has 11 heteroatoms. The van der Waals surface area contributed by atoms with Crippen molar-refractivity contribution in [2.75, 3.05) is 62.4 Å². The third-order valence-electron chi connectivity index (χ3n) is 5.62. The maximum absolute atomic E-state index is 5.99. The highest BCUT2D eigenvalue weighted by Crippen LogP contribution is 2.25. The Labute approximate surface area is 192 Å². The molecule has 5 rings (SSSR count). The monoisotopic (exact) mass is 449 g/mol. The van der Waals surface area contributed by atoms with Gasteiger partial charge in [0.25, 0.3) is 0 Å². The number of nitrogens with one attached hydrogen (secondary N) is 1. The Morgan fingerprint density at radius 3 is 2.58 bits per heavy atom. The second kappa shape index (κ2) is 9.51. The largest absolute Gasteiger partial charge is 0.473 e. The van der Waals surface area contributed by atoms with Gasteiger partial charge < -0.3 is 30.3 Å². The summed E-state index contributed by atoms with van der Waals surface area (Å²) in [6.45, 7) is 4.71. The van der Waals surface area contributed by atoms with Crippen LogP contribution < -0.4 is 20.7 Å². The first-order chi connectivity index (χ1) is 16.1. The Morgan fingerprint density at radius 2 is 1.88 bits per heavy atom. The number of nitrogens with two attached hydrogens (primary N) is 1. The Morgan fingerprint density at radius 1 is 1.06 bits per heavy atom. The molecule has 1 atom stereocenters. The molecule has 0 aliphatic carbocycles. The van der Waals surface area contributed by atoms with Crippen LogP contribution in [0.3, 0.4) is 0 Å². The van der Waals surface area contributed by atoms with Crippen LogP contribution in [0.4, 0.5) is 23.4 Å². The predicted octanol–water partition coefficient (Wildman–Crippen LogP) is 1.57. The van der Waals surface area contributed by atoms with Crippen molar-refractivity contribution in [2.45, 2.75) is 12.5 Å². The minimum Gasteiger partial charge on any atom is -0.473 e. The minimum absolute atomic E-state index is 0.184. The summed E-state index contributed by atoms with van der Waals surface area (Å²) >= 11 is 0. The molecule has 0 aromatic carbocycles. The van der Waals surface area contributed by atoms with E-state index in [0.717, 1.165) is 43.9 Å². The zero-order valence-corrected chi connectivity index (χ0v) is 18.5. The molecular formula is C22H27N9O2. The maximum Gasteiger partial charge on any atom is 0.228 e. The fourth-order valence-corrected chi connectivity index (χ4v) is 3.85. The number of nitrogen functional groups attached to an aromatic ring is 1. The lowest BCUT2D eigenvalue weighted by atomic mass is 10.2. The third-order valence-corrected chi connectivity index (χ3v) is 5.62. The van der Waals surface area contributed by atoms with E-state index in [1.165, 1.54) is 0 Å². The van der Waals surface area contributed by atoms with E-state index in [0.29, 0.717) is 36.6 Å². The molecule has 2 aliphatic rings. The van der Waals surface area contributed by atoms with Crippen LogP contribution in [0, 0.1) is 0 Å². The summed E-state index contributed by atoms with van der Waals surface area (Å²) in [7, 11) is 2.10. The average Bonchev–Trinajstić information content (AvgIpc) is 3.25. The minimum atomic E-state index is 0.184. The summed E-state index contributed by atoms with van der Waals surface area (Å²) in [5.41, 5.74) is 7.91. The molecule has 3 aromatic rings. The smallest absolute Gasteiger partial charge is 0.228 e. The Balaban J connectivity index is 1.37. The van der Waals surface area contributed by atoms with E-state index in [9.17, 15) is 0 Å². The number of anilines is 4. The van der Waals surface area contributed by atoms with E-state index in [-0.39, 0.29) is 12.1 Å². The highest BCUT2D eigenvalue weighted by Gasteiger charge is 2.21. The first-order valence-electron chi connectivity index (χ1n) is 11.0. The highest BCUT2D eigenvalue weighted by molar-refractivity contribution is 5.66. The molecule has 0 saturated carbocycles. The topological polar surface area (TPSA) is 127 Å². The third kappa shape index (κ3) is 5.26. The molecule has 0 radical (unpaired) electrons. The molecule has 3 N–H and O–H groups in total. The van der Waals surface area contributed by atoms with Crippen LogP contribution >= 0.6 is 0 Å². The number of likely N-dealkylation sites (tertiary alicyclic amines) is 1. The molecule has 3 aromatic heterocycles. The van der Waals surface area contributed by atoms with Gasteiger partial charge in [0.2, 0.25) is 17.8 Å². The zero-order chi connectivity index (χ0) is 22.6. The van der Waals surface area contributed by atoms with E-state index >= 15 is 0 Å². The Bertz CT molecular complexity index is 1070. The number of pyridine rings is 1. The predicted molar refractivity (Wildman–Crippen MR) is 125 cm³/mol. The fraction of sp³-hybridized carbons (Fsp3) is 0.409. The van der Waals surface area contributed by atoms with E-state index in [2.05, 4.69) is 37.1 Å². The van der Waals surface area contributed by atoms with Gasteiger partial charge in [-0.15, -0.1) is 0 Å². The number of nitrogens with zero attached hydrogens (tertiary/aromatic N) is 7. The number of hydrogen-bond donors (Lipinski definition) is 2. The zero-order valence-electron chi connectivity index (χ0n) is 18.5. The van der Waals surface area contributed by atoms with E-state index in [1.807, 2.05) is 18.2 Å². The van der Waals surface area contributed by atoms with Gasteiger partial charge in [0.05, 0.1) is 30.8 Å². The van der Waals surface area contributed by atoms with Crippen molar-refractivity contribution in [3.8, 4) is 17.1 Å². The van der Waals surface area contributed by atoms with E-state index in [4.69, 9.17) is 25.2 Å². The van der Waals surface area contributed by atoms with Gasteiger partial charge in [-0.3, -0.25) is 0 Å². The van der Waals surface area contributed by atoms with Crippen molar-refractivity contribution in [2.24, 2.45) is 0 Å². The molecule has 2 saturated heterocycles. The molecule has 0 bridgehead atoms. The molecule has 2 fully saturated rings. The maximum atomic E-state index is 5.99. The van der Waals surface area contributed by atoms with Crippen LogP contribution in [-0.2, 0) is 4.74 Å². The summed E-state index contributed by atoms with van der Waals surface area (Å²) < 4.78 is 11.5.